The molecule has 4 rings (SSSR count). The van der Waals surface area contributed by atoms with E-state index in [0.717, 1.165) is 49.7 Å². The molecule has 0 unspecified atom stereocenters. The molecule has 0 atom stereocenters. The van der Waals surface area contributed by atoms with Gasteiger partial charge in [0, 0.05) is 37.6 Å². The Kier molecular flexibility index (Phi) is 5.44. The number of hydrogen-bond acceptors (Lipinski definition) is 4. The predicted octanol–water partition coefficient (Wildman–Crippen LogP) is 4.16. The van der Waals surface area contributed by atoms with Crippen LogP contribution < -0.4 is 10.2 Å². The molecular formula is C23H25N3O2. The highest BCUT2D eigenvalue weighted by Crippen LogP contribution is 2.18. The van der Waals surface area contributed by atoms with Crippen molar-refractivity contribution in [2.24, 2.45) is 0 Å². The molecule has 0 bridgehead atoms. The molecule has 0 radical (unpaired) electrons. The quantitative estimate of drug-likeness (QED) is 0.727. The van der Waals surface area contributed by atoms with Gasteiger partial charge in [0.2, 0.25) is 0 Å². The molecule has 1 fully saturated rings. The molecule has 28 heavy (non-hydrogen) atoms. The molecule has 1 N–H and O–H groups in total. The van der Waals surface area contributed by atoms with Crippen LogP contribution in [0.2, 0.25) is 0 Å². The third kappa shape index (κ3) is 4.43. The van der Waals surface area contributed by atoms with Crippen LogP contribution in [0.25, 0.3) is 0 Å². The van der Waals surface area contributed by atoms with Crippen molar-refractivity contribution >= 4 is 17.3 Å². The van der Waals surface area contributed by atoms with Gasteiger partial charge >= 0.3 is 0 Å². The number of para-hydroxylation sites is 1. The number of hydrogen-bond donors (Lipinski definition) is 1. The third-order valence-electron chi connectivity index (χ3n) is 5.07. The van der Waals surface area contributed by atoms with Crippen LogP contribution in [0, 0.1) is 6.92 Å². The maximum absolute atomic E-state index is 12.4. The summed E-state index contributed by atoms with van der Waals surface area (Å²) in [6.07, 6.45) is 0. The van der Waals surface area contributed by atoms with Gasteiger partial charge in [-0.25, -0.2) is 0 Å². The number of carbonyl (C=O) groups is 1. The van der Waals surface area contributed by atoms with Gasteiger partial charge in [-0.3, -0.25) is 9.69 Å². The molecule has 1 aliphatic heterocycles. The highest BCUT2D eigenvalue weighted by Gasteiger charge is 2.19. The Hall–Kier alpha value is -3.05. The second kappa shape index (κ2) is 8.31. The summed E-state index contributed by atoms with van der Waals surface area (Å²) in [4.78, 5) is 17.1. The molecule has 1 amide bonds. The lowest BCUT2D eigenvalue weighted by Crippen LogP contribution is -2.45. The minimum atomic E-state index is -0.219. The van der Waals surface area contributed by atoms with Crippen LogP contribution in [0.3, 0.4) is 0 Å². The number of piperazine rings is 1. The van der Waals surface area contributed by atoms with Crippen LogP contribution in [-0.2, 0) is 6.54 Å². The van der Waals surface area contributed by atoms with Crippen molar-refractivity contribution in [1.29, 1.82) is 0 Å². The molecule has 0 spiro atoms. The fourth-order valence-electron chi connectivity index (χ4n) is 3.44. The van der Waals surface area contributed by atoms with Crippen LogP contribution in [-0.4, -0.2) is 37.0 Å². The number of carbonyl (C=O) groups excluding carboxylic acids is 1. The van der Waals surface area contributed by atoms with Crippen molar-refractivity contribution < 1.29 is 9.21 Å². The number of nitrogens with one attached hydrogen (secondary N) is 1. The Bertz CT molecular complexity index is 911. The van der Waals surface area contributed by atoms with Crippen molar-refractivity contribution in [3.05, 3.63) is 83.8 Å². The summed E-state index contributed by atoms with van der Waals surface area (Å²) in [6, 6.07) is 21.9. The zero-order valence-corrected chi connectivity index (χ0v) is 16.1. The normalized spacial score (nSPS) is 14.8. The van der Waals surface area contributed by atoms with Crippen LogP contribution >= 0.6 is 0 Å². The van der Waals surface area contributed by atoms with Crippen molar-refractivity contribution in [3.63, 3.8) is 0 Å². The smallest absolute Gasteiger partial charge is 0.291 e. The minimum Gasteiger partial charge on any atom is -0.455 e. The first-order chi connectivity index (χ1) is 13.7. The van der Waals surface area contributed by atoms with Gasteiger partial charge in [-0.2, -0.15) is 0 Å². The maximum Gasteiger partial charge on any atom is 0.291 e. The molecule has 3 aromatic rings. The summed E-state index contributed by atoms with van der Waals surface area (Å²) in [7, 11) is 0. The zero-order chi connectivity index (χ0) is 19.3. The molecule has 1 aliphatic rings. The van der Waals surface area contributed by atoms with E-state index in [2.05, 4.69) is 39.4 Å². The summed E-state index contributed by atoms with van der Waals surface area (Å²) < 4.78 is 5.79. The van der Waals surface area contributed by atoms with E-state index in [1.807, 2.05) is 43.3 Å². The molecule has 5 nitrogen and oxygen atoms in total. The van der Waals surface area contributed by atoms with Gasteiger partial charge < -0.3 is 14.6 Å². The monoisotopic (exact) mass is 375 g/mol. The van der Waals surface area contributed by atoms with Gasteiger partial charge in [-0.15, -0.1) is 0 Å². The van der Waals surface area contributed by atoms with Gasteiger partial charge in [-0.1, -0.05) is 35.9 Å². The van der Waals surface area contributed by atoms with E-state index in [1.165, 1.54) is 5.69 Å². The summed E-state index contributed by atoms with van der Waals surface area (Å²) in [5, 5.41) is 2.87. The lowest BCUT2D eigenvalue weighted by Gasteiger charge is -2.35. The Morgan fingerprint density at radius 3 is 2.36 bits per heavy atom. The zero-order valence-electron chi connectivity index (χ0n) is 16.1. The number of rotatable bonds is 5. The van der Waals surface area contributed by atoms with Crippen molar-refractivity contribution in [2.75, 3.05) is 36.4 Å². The van der Waals surface area contributed by atoms with Gasteiger partial charge in [-0.05, 0) is 43.3 Å². The number of anilines is 2. The van der Waals surface area contributed by atoms with Gasteiger partial charge in [0.25, 0.3) is 5.91 Å². The first-order valence-electron chi connectivity index (χ1n) is 9.66. The Morgan fingerprint density at radius 2 is 1.64 bits per heavy atom. The second-order valence-corrected chi connectivity index (χ2v) is 7.18. The summed E-state index contributed by atoms with van der Waals surface area (Å²) in [5.74, 6) is 0.949. The molecular weight excluding hydrogens is 350 g/mol. The third-order valence-corrected chi connectivity index (χ3v) is 5.07. The molecule has 144 valence electrons. The van der Waals surface area contributed by atoms with E-state index in [1.54, 1.807) is 6.07 Å². The Balaban J connectivity index is 1.30. The number of amides is 1. The Morgan fingerprint density at radius 1 is 0.929 bits per heavy atom. The fraction of sp³-hybridized carbons (Fsp3) is 0.261. The SMILES string of the molecule is Cc1ccc(NC(=O)c2ccc(CN3CCN(c4ccccc4)CC3)o2)cc1. The van der Waals surface area contributed by atoms with E-state index in [4.69, 9.17) is 4.42 Å². The molecule has 0 saturated carbocycles. The summed E-state index contributed by atoms with van der Waals surface area (Å²) in [5.41, 5.74) is 3.20. The largest absolute Gasteiger partial charge is 0.455 e. The molecule has 2 aromatic carbocycles. The lowest BCUT2D eigenvalue weighted by molar-refractivity contribution is 0.0992. The Labute approximate surface area is 165 Å². The molecule has 0 aliphatic carbocycles. The summed E-state index contributed by atoms with van der Waals surface area (Å²) in [6.45, 7) is 6.67. The minimum absolute atomic E-state index is 0.219. The molecule has 1 aromatic heterocycles. The van der Waals surface area contributed by atoms with E-state index in [0.29, 0.717) is 5.76 Å². The topological polar surface area (TPSA) is 48.7 Å². The standard InChI is InChI=1S/C23H25N3O2/c1-18-7-9-19(10-8-18)24-23(27)22-12-11-21(28-22)17-25-13-15-26(16-14-25)20-5-3-2-4-6-20/h2-12H,13-17H2,1H3,(H,24,27). The van der Waals surface area contributed by atoms with Crippen LogP contribution in [0.5, 0.6) is 0 Å². The highest BCUT2D eigenvalue weighted by atomic mass is 16.4. The van der Waals surface area contributed by atoms with Gasteiger partial charge in [0.15, 0.2) is 5.76 Å². The highest BCUT2D eigenvalue weighted by molar-refractivity contribution is 6.02. The lowest BCUT2D eigenvalue weighted by atomic mass is 10.2. The van der Waals surface area contributed by atoms with Crippen LogP contribution in [0.1, 0.15) is 21.9 Å². The average Bonchev–Trinajstić information content (AvgIpc) is 3.20. The van der Waals surface area contributed by atoms with E-state index < -0.39 is 0 Å². The second-order valence-electron chi connectivity index (χ2n) is 7.18. The molecule has 1 saturated heterocycles. The van der Waals surface area contributed by atoms with Crippen LogP contribution in [0.15, 0.2) is 71.1 Å². The average molecular weight is 375 g/mol. The van der Waals surface area contributed by atoms with E-state index in [9.17, 15) is 4.79 Å². The fourth-order valence-corrected chi connectivity index (χ4v) is 3.44. The van der Waals surface area contributed by atoms with Crippen molar-refractivity contribution in [1.82, 2.24) is 4.90 Å². The first-order valence-corrected chi connectivity index (χ1v) is 9.66. The molecule has 2 heterocycles. The van der Waals surface area contributed by atoms with Gasteiger partial charge in [0.05, 0.1) is 6.54 Å². The van der Waals surface area contributed by atoms with E-state index in [-0.39, 0.29) is 5.91 Å². The van der Waals surface area contributed by atoms with Crippen LogP contribution in [0.4, 0.5) is 11.4 Å². The van der Waals surface area contributed by atoms with Crippen molar-refractivity contribution in [3.8, 4) is 0 Å². The van der Waals surface area contributed by atoms with E-state index >= 15 is 0 Å². The number of nitrogens with zero attached hydrogens (tertiary/aromatic N) is 2. The number of benzene rings is 2. The number of furan rings is 1. The first kappa shape index (κ1) is 18.3. The predicted molar refractivity (Wildman–Crippen MR) is 112 cm³/mol. The van der Waals surface area contributed by atoms with Crippen molar-refractivity contribution in [2.45, 2.75) is 13.5 Å². The number of aryl methyl sites for hydroxylation is 1. The molecule has 5 heteroatoms. The maximum atomic E-state index is 12.4. The summed E-state index contributed by atoms with van der Waals surface area (Å²) >= 11 is 0. The van der Waals surface area contributed by atoms with Gasteiger partial charge in [0.1, 0.15) is 5.76 Å².